The van der Waals surface area contributed by atoms with E-state index in [1.807, 2.05) is 36.4 Å². The van der Waals surface area contributed by atoms with Crippen LogP contribution in [0.4, 0.5) is 0 Å². The van der Waals surface area contributed by atoms with Crippen LogP contribution in [0, 0.1) is 0 Å². The maximum atomic E-state index is 13.2. The summed E-state index contributed by atoms with van der Waals surface area (Å²) in [4.78, 5) is 64.3. The van der Waals surface area contributed by atoms with Crippen LogP contribution in [0.25, 0.3) is 0 Å². The fraction of sp³-hybridized carbons (Fsp3) is 0.469. The van der Waals surface area contributed by atoms with Crippen molar-refractivity contribution in [1.82, 2.24) is 31.7 Å². The lowest BCUT2D eigenvalue weighted by Gasteiger charge is -2.27. The summed E-state index contributed by atoms with van der Waals surface area (Å²) in [5.74, 6) is -2.54. The van der Waals surface area contributed by atoms with Gasteiger partial charge in [-0.1, -0.05) is 60.7 Å². The summed E-state index contributed by atoms with van der Waals surface area (Å²) in [5.41, 5.74) is 3.75. The van der Waals surface area contributed by atoms with Crippen molar-refractivity contribution in [3.8, 4) is 0 Å². The number of hydrazine groups is 1. The Morgan fingerprint density at radius 3 is 1.94 bits per heavy atom. The minimum Gasteiger partial charge on any atom is -0.362 e. The van der Waals surface area contributed by atoms with Crippen molar-refractivity contribution in [2.45, 2.75) is 43.9 Å². The van der Waals surface area contributed by atoms with Crippen molar-refractivity contribution in [3.05, 3.63) is 71.8 Å². The van der Waals surface area contributed by atoms with Gasteiger partial charge in [0.05, 0.1) is 37.7 Å². The maximum Gasteiger partial charge on any atom is 0.243 e. The van der Waals surface area contributed by atoms with Gasteiger partial charge in [0, 0.05) is 19.5 Å². The molecule has 15 heteroatoms. The number of ketones is 1. The molecule has 2 saturated heterocycles. The van der Waals surface area contributed by atoms with Crippen LogP contribution in [0.1, 0.15) is 24.5 Å². The van der Waals surface area contributed by atoms with Crippen LogP contribution in [0.15, 0.2) is 60.7 Å². The number of epoxide rings is 1. The standard InChI is InChI=1S/C32H42N6O8S/c1-32(22-46-32)27(39)19-33-31(43)26(18-24-10-6-3-7-11-24)37-28(40)20-34-30(42)25(13-12-23-8-4-2-5-9-23)36-29(41)21-35-38-14-16-47(44,45)17-15-38/h2-11,25-26,35H,12-22H2,1H3,(H,33,43)(H,34,42)(H,36,41)(H,37,40)/t25-,26-,32+/m0/s1. The summed E-state index contributed by atoms with van der Waals surface area (Å²) in [7, 11) is -3.08. The zero-order valence-electron chi connectivity index (χ0n) is 26.3. The van der Waals surface area contributed by atoms with Gasteiger partial charge in [0.25, 0.3) is 0 Å². The van der Waals surface area contributed by atoms with Crippen LogP contribution in [0.5, 0.6) is 0 Å². The molecule has 2 heterocycles. The van der Waals surface area contributed by atoms with Gasteiger partial charge in [-0.3, -0.25) is 24.0 Å². The predicted octanol–water partition coefficient (Wildman–Crippen LogP) is -1.34. The van der Waals surface area contributed by atoms with E-state index in [2.05, 4.69) is 26.7 Å². The molecule has 2 aromatic carbocycles. The lowest BCUT2D eigenvalue weighted by molar-refractivity contribution is -0.132. The first kappa shape index (κ1) is 35.7. The molecule has 0 bridgehead atoms. The molecule has 4 amide bonds. The van der Waals surface area contributed by atoms with Gasteiger partial charge in [-0.2, -0.15) is 0 Å². The molecule has 254 valence electrons. The largest absolute Gasteiger partial charge is 0.362 e. The van der Waals surface area contributed by atoms with Crippen molar-refractivity contribution >= 4 is 39.2 Å². The monoisotopic (exact) mass is 670 g/mol. The highest BCUT2D eigenvalue weighted by Crippen LogP contribution is 2.26. The summed E-state index contributed by atoms with van der Waals surface area (Å²) in [6.45, 7) is 1.55. The molecule has 2 aliphatic heterocycles. The Bertz CT molecular complexity index is 1500. The number of aryl methyl sites for hydroxylation is 1. The minimum absolute atomic E-state index is 0.00776. The van der Waals surface area contributed by atoms with E-state index in [4.69, 9.17) is 4.74 Å². The molecular formula is C32H42N6O8S. The van der Waals surface area contributed by atoms with Crippen LogP contribution < -0.4 is 26.7 Å². The maximum absolute atomic E-state index is 13.2. The summed E-state index contributed by atoms with van der Waals surface area (Å²) >= 11 is 0. The van der Waals surface area contributed by atoms with Gasteiger partial charge >= 0.3 is 0 Å². The zero-order valence-corrected chi connectivity index (χ0v) is 27.1. The fourth-order valence-electron chi connectivity index (χ4n) is 4.87. The van der Waals surface area contributed by atoms with E-state index < -0.39 is 57.7 Å². The van der Waals surface area contributed by atoms with E-state index in [1.54, 1.807) is 36.2 Å². The highest BCUT2D eigenvalue weighted by atomic mass is 32.2. The number of rotatable bonds is 17. The topological polar surface area (TPSA) is 195 Å². The smallest absolute Gasteiger partial charge is 0.243 e. The molecule has 2 aliphatic rings. The molecular weight excluding hydrogens is 628 g/mol. The molecule has 5 N–H and O–H groups in total. The van der Waals surface area contributed by atoms with Crippen LogP contribution in [-0.4, -0.2) is 111 Å². The van der Waals surface area contributed by atoms with Crippen LogP contribution in [-0.2, 0) is 51.4 Å². The summed E-state index contributed by atoms with van der Waals surface area (Å²) in [6, 6.07) is 16.5. The first-order valence-corrected chi connectivity index (χ1v) is 17.3. The second kappa shape index (κ2) is 16.6. The highest BCUT2D eigenvalue weighted by molar-refractivity contribution is 7.91. The second-order valence-electron chi connectivity index (χ2n) is 11.8. The van der Waals surface area contributed by atoms with Gasteiger partial charge in [0.2, 0.25) is 23.6 Å². The van der Waals surface area contributed by atoms with Gasteiger partial charge in [0.15, 0.2) is 15.6 Å². The molecule has 14 nitrogen and oxygen atoms in total. The number of ether oxygens (including phenoxy) is 1. The van der Waals surface area contributed by atoms with E-state index in [0.717, 1.165) is 11.1 Å². The quantitative estimate of drug-likeness (QED) is 0.126. The minimum atomic E-state index is -3.08. The number of benzene rings is 2. The third-order valence-corrected chi connectivity index (χ3v) is 9.58. The Hall–Kier alpha value is -4.18. The molecule has 0 saturated carbocycles. The average Bonchev–Trinajstić information content (AvgIpc) is 3.82. The van der Waals surface area contributed by atoms with Gasteiger partial charge in [0.1, 0.15) is 17.7 Å². The van der Waals surface area contributed by atoms with Crippen molar-refractivity contribution in [2.75, 3.05) is 50.8 Å². The molecule has 2 aromatic rings. The van der Waals surface area contributed by atoms with Crippen LogP contribution in [0.3, 0.4) is 0 Å². The highest BCUT2D eigenvalue weighted by Gasteiger charge is 2.46. The van der Waals surface area contributed by atoms with E-state index in [1.165, 1.54) is 0 Å². The van der Waals surface area contributed by atoms with E-state index in [9.17, 15) is 32.4 Å². The van der Waals surface area contributed by atoms with Crippen LogP contribution >= 0.6 is 0 Å². The third kappa shape index (κ3) is 11.8. The first-order valence-electron chi connectivity index (χ1n) is 15.5. The summed E-state index contributed by atoms with van der Waals surface area (Å²) < 4.78 is 28.5. The Kier molecular flexibility index (Phi) is 12.6. The number of hydrogen-bond donors (Lipinski definition) is 5. The average molecular weight is 671 g/mol. The molecule has 2 fully saturated rings. The zero-order chi connectivity index (χ0) is 33.9. The number of carbonyl (C=O) groups excluding carboxylic acids is 5. The molecule has 47 heavy (non-hydrogen) atoms. The van der Waals surface area contributed by atoms with E-state index >= 15 is 0 Å². The predicted molar refractivity (Wildman–Crippen MR) is 172 cm³/mol. The summed E-state index contributed by atoms with van der Waals surface area (Å²) in [6.07, 6.45) is 0.881. The first-order chi connectivity index (χ1) is 22.4. The van der Waals surface area contributed by atoms with Gasteiger partial charge < -0.3 is 26.0 Å². The molecule has 0 radical (unpaired) electrons. The number of amides is 4. The Morgan fingerprint density at radius 1 is 0.787 bits per heavy atom. The number of Topliss-reactive ketones (excluding diaryl/α,β-unsaturated/α-hetero) is 1. The number of nitrogens with one attached hydrogen (secondary N) is 5. The van der Waals surface area contributed by atoms with Gasteiger partial charge in [-0.05, 0) is 30.9 Å². The normalized spacial score (nSPS) is 19.9. The lowest BCUT2D eigenvalue weighted by Crippen LogP contribution is -2.55. The molecule has 3 atom stereocenters. The Morgan fingerprint density at radius 2 is 1.32 bits per heavy atom. The number of hydrogen-bond acceptors (Lipinski definition) is 10. The SMILES string of the molecule is C[C@]1(C(=O)CNC(=O)[C@H](Cc2ccccc2)NC(=O)CNC(=O)[C@H](CCc2ccccc2)NC(=O)CNN2CCS(=O)(=O)CC2)CO1. The van der Waals surface area contributed by atoms with Gasteiger partial charge in [-0.15, -0.1) is 0 Å². The summed E-state index contributed by atoms with van der Waals surface area (Å²) in [5, 5.41) is 12.1. The van der Waals surface area contributed by atoms with Crippen molar-refractivity contribution in [1.29, 1.82) is 0 Å². The van der Waals surface area contributed by atoms with Crippen LogP contribution in [0.2, 0.25) is 0 Å². The van der Waals surface area contributed by atoms with Crippen molar-refractivity contribution in [3.63, 3.8) is 0 Å². The van der Waals surface area contributed by atoms with E-state index in [0.29, 0.717) is 13.0 Å². The number of carbonyl (C=O) groups is 5. The number of sulfone groups is 1. The molecule has 0 spiro atoms. The molecule has 0 aliphatic carbocycles. The Labute approximate surface area is 274 Å². The Balaban J connectivity index is 1.32. The second-order valence-corrected chi connectivity index (χ2v) is 14.1. The molecule has 0 unspecified atom stereocenters. The fourth-order valence-corrected chi connectivity index (χ4v) is 6.07. The third-order valence-electron chi connectivity index (χ3n) is 7.97. The lowest BCUT2D eigenvalue weighted by atomic mass is 10.0. The molecule has 4 rings (SSSR count). The number of nitrogens with zero attached hydrogens (tertiary/aromatic N) is 1. The van der Waals surface area contributed by atoms with Crippen molar-refractivity contribution < 1.29 is 37.1 Å². The van der Waals surface area contributed by atoms with Crippen molar-refractivity contribution in [2.24, 2.45) is 0 Å². The van der Waals surface area contributed by atoms with E-state index in [-0.39, 0.29) is 56.3 Å². The van der Waals surface area contributed by atoms with Gasteiger partial charge in [-0.25, -0.2) is 18.9 Å². The molecule has 0 aromatic heterocycles.